The summed E-state index contributed by atoms with van der Waals surface area (Å²) in [5, 5.41) is 6.78. The Balaban J connectivity index is 1.64. The molecule has 0 bridgehead atoms. The molecule has 7 heteroatoms. The molecule has 4 rings (SSSR count). The lowest BCUT2D eigenvalue weighted by atomic mass is 10.0. The number of carbonyl (C=O) groups excluding carboxylic acids is 1. The summed E-state index contributed by atoms with van der Waals surface area (Å²) in [6.45, 7) is 0.524. The normalized spacial score (nSPS) is 20.1. The van der Waals surface area contributed by atoms with Crippen molar-refractivity contribution in [2.45, 2.75) is 18.6 Å². The third kappa shape index (κ3) is 2.94. The van der Waals surface area contributed by atoms with Crippen molar-refractivity contribution in [2.75, 3.05) is 13.7 Å². The molecule has 0 unspecified atom stereocenters. The van der Waals surface area contributed by atoms with Crippen LogP contribution in [-0.2, 0) is 4.74 Å². The number of nitrogens with one attached hydrogen (secondary N) is 1. The number of hydrogen-bond acceptors (Lipinski definition) is 5. The van der Waals surface area contributed by atoms with Crippen LogP contribution in [-0.4, -0.2) is 45.7 Å². The van der Waals surface area contributed by atoms with Gasteiger partial charge in [0.2, 0.25) is 0 Å². The molecule has 0 aliphatic carbocycles. The molecular formula is C18H18N4O3. The molecular weight excluding hydrogens is 320 g/mol. The molecule has 1 fully saturated rings. The molecule has 3 heterocycles. The maximum absolute atomic E-state index is 13.1. The van der Waals surface area contributed by atoms with Crippen molar-refractivity contribution >= 4 is 5.91 Å². The number of amides is 1. The van der Waals surface area contributed by atoms with Crippen LogP contribution in [0.25, 0.3) is 11.1 Å². The summed E-state index contributed by atoms with van der Waals surface area (Å²) in [5.41, 5.74) is 2.51. The molecule has 25 heavy (non-hydrogen) atoms. The van der Waals surface area contributed by atoms with Crippen LogP contribution in [0.4, 0.5) is 0 Å². The Labute approximate surface area is 144 Å². The lowest BCUT2D eigenvalue weighted by Crippen LogP contribution is -2.32. The summed E-state index contributed by atoms with van der Waals surface area (Å²) in [6, 6.07) is 9.24. The predicted molar refractivity (Wildman–Crippen MR) is 89.7 cm³/mol. The van der Waals surface area contributed by atoms with Crippen molar-refractivity contribution in [1.29, 1.82) is 0 Å². The average Bonchev–Trinajstić information content (AvgIpc) is 3.42. The summed E-state index contributed by atoms with van der Waals surface area (Å²) in [4.78, 5) is 19.1. The number of aromatic amines is 1. The van der Waals surface area contributed by atoms with Crippen LogP contribution in [0.3, 0.4) is 0 Å². The van der Waals surface area contributed by atoms with Gasteiger partial charge in [0.05, 0.1) is 24.7 Å². The number of methoxy groups -OCH3 is 1. The number of likely N-dealkylation sites (tertiary alicyclic amines) is 1. The smallest absolute Gasteiger partial charge is 0.254 e. The fraction of sp³-hybridized carbons (Fsp3) is 0.278. The first-order valence-electron chi connectivity index (χ1n) is 8.08. The van der Waals surface area contributed by atoms with E-state index in [4.69, 9.17) is 9.15 Å². The van der Waals surface area contributed by atoms with Gasteiger partial charge in [-0.1, -0.05) is 12.1 Å². The van der Waals surface area contributed by atoms with Gasteiger partial charge in [-0.15, -0.1) is 0 Å². The highest BCUT2D eigenvalue weighted by molar-refractivity contribution is 5.96. The van der Waals surface area contributed by atoms with Crippen LogP contribution in [0.2, 0.25) is 0 Å². The van der Waals surface area contributed by atoms with Crippen molar-refractivity contribution in [1.82, 2.24) is 20.1 Å². The van der Waals surface area contributed by atoms with Crippen LogP contribution in [0.5, 0.6) is 0 Å². The van der Waals surface area contributed by atoms with E-state index in [2.05, 4.69) is 15.2 Å². The molecule has 1 amide bonds. The highest BCUT2D eigenvalue weighted by atomic mass is 16.5. The van der Waals surface area contributed by atoms with Gasteiger partial charge in [0.1, 0.15) is 12.2 Å². The van der Waals surface area contributed by atoms with E-state index >= 15 is 0 Å². The van der Waals surface area contributed by atoms with E-state index in [1.54, 1.807) is 24.5 Å². The maximum Gasteiger partial charge on any atom is 0.254 e. The minimum Gasteiger partial charge on any atom is -0.472 e. The van der Waals surface area contributed by atoms with E-state index in [-0.39, 0.29) is 18.1 Å². The Morgan fingerprint density at radius 2 is 2.28 bits per heavy atom. The molecule has 1 aliphatic rings. The standard InChI is InChI=1S/C18H18N4O3/c1-24-15-8-16(17-19-11-20-21-17)22(9-15)18(23)13-4-2-3-12(7-13)14-5-6-25-10-14/h2-7,10-11,15-16H,8-9H2,1H3,(H,19,20,21)/t15-,16+/m1/s1. The number of benzene rings is 1. The number of nitrogens with zero attached hydrogens (tertiary/aromatic N) is 3. The molecule has 0 saturated carbocycles. The topological polar surface area (TPSA) is 84.3 Å². The Bertz CT molecular complexity index is 845. The summed E-state index contributed by atoms with van der Waals surface area (Å²) in [5.74, 6) is 0.630. The zero-order valence-corrected chi connectivity index (χ0v) is 13.8. The number of aromatic nitrogens is 3. The van der Waals surface area contributed by atoms with Crippen molar-refractivity contribution in [3.8, 4) is 11.1 Å². The number of H-pyrrole nitrogens is 1. The van der Waals surface area contributed by atoms with E-state index in [0.717, 1.165) is 11.1 Å². The number of hydrogen-bond donors (Lipinski definition) is 1. The molecule has 1 aliphatic heterocycles. The van der Waals surface area contributed by atoms with Crippen LogP contribution >= 0.6 is 0 Å². The zero-order chi connectivity index (χ0) is 17.2. The maximum atomic E-state index is 13.1. The highest BCUT2D eigenvalue weighted by Gasteiger charge is 2.38. The van der Waals surface area contributed by atoms with Crippen molar-refractivity contribution < 1.29 is 13.9 Å². The van der Waals surface area contributed by atoms with E-state index in [1.165, 1.54) is 6.33 Å². The van der Waals surface area contributed by atoms with Gasteiger partial charge in [-0.25, -0.2) is 4.98 Å². The quantitative estimate of drug-likeness (QED) is 0.790. The van der Waals surface area contributed by atoms with E-state index in [1.807, 2.05) is 30.3 Å². The summed E-state index contributed by atoms with van der Waals surface area (Å²) in [6.07, 6.45) is 5.41. The first kappa shape index (κ1) is 15.6. The fourth-order valence-electron chi connectivity index (χ4n) is 3.25. The lowest BCUT2D eigenvalue weighted by Gasteiger charge is -2.23. The zero-order valence-electron chi connectivity index (χ0n) is 13.8. The van der Waals surface area contributed by atoms with E-state index in [9.17, 15) is 4.79 Å². The Morgan fingerprint density at radius 3 is 3.00 bits per heavy atom. The number of carbonyl (C=O) groups is 1. The van der Waals surface area contributed by atoms with Crippen LogP contribution in [0.15, 0.2) is 53.6 Å². The molecule has 0 spiro atoms. The Hall–Kier alpha value is -2.93. The largest absolute Gasteiger partial charge is 0.472 e. The van der Waals surface area contributed by atoms with Gasteiger partial charge in [-0.05, 0) is 23.8 Å². The second kappa shape index (κ2) is 6.52. The fourth-order valence-corrected chi connectivity index (χ4v) is 3.25. The minimum absolute atomic E-state index is 0.0175. The molecule has 1 aromatic carbocycles. The molecule has 1 N–H and O–H groups in total. The molecule has 0 radical (unpaired) electrons. The second-order valence-corrected chi connectivity index (χ2v) is 6.03. The summed E-state index contributed by atoms with van der Waals surface area (Å²) >= 11 is 0. The molecule has 128 valence electrons. The summed E-state index contributed by atoms with van der Waals surface area (Å²) < 4.78 is 10.6. The third-order valence-corrected chi connectivity index (χ3v) is 4.57. The lowest BCUT2D eigenvalue weighted by molar-refractivity contribution is 0.0684. The van der Waals surface area contributed by atoms with Crippen molar-refractivity contribution in [3.05, 3.63) is 60.6 Å². The predicted octanol–water partition coefficient (Wildman–Crippen LogP) is 2.67. The van der Waals surface area contributed by atoms with Gasteiger partial charge < -0.3 is 14.1 Å². The second-order valence-electron chi connectivity index (χ2n) is 6.03. The van der Waals surface area contributed by atoms with Crippen LogP contribution in [0, 0.1) is 0 Å². The molecule has 2 atom stereocenters. The average molecular weight is 338 g/mol. The van der Waals surface area contributed by atoms with Gasteiger partial charge >= 0.3 is 0 Å². The monoisotopic (exact) mass is 338 g/mol. The van der Waals surface area contributed by atoms with Crippen LogP contribution in [0.1, 0.15) is 28.6 Å². The third-order valence-electron chi connectivity index (χ3n) is 4.57. The summed E-state index contributed by atoms with van der Waals surface area (Å²) in [7, 11) is 1.66. The van der Waals surface area contributed by atoms with Crippen molar-refractivity contribution in [3.63, 3.8) is 0 Å². The molecule has 1 saturated heterocycles. The number of furan rings is 1. The van der Waals surface area contributed by atoms with E-state index in [0.29, 0.717) is 24.4 Å². The van der Waals surface area contributed by atoms with Gasteiger partial charge in [0, 0.05) is 31.2 Å². The first-order chi connectivity index (χ1) is 12.3. The first-order valence-corrected chi connectivity index (χ1v) is 8.08. The van der Waals surface area contributed by atoms with Gasteiger partial charge in [0.15, 0.2) is 0 Å². The number of ether oxygens (including phenoxy) is 1. The van der Waals surface area contributed by atoms with E-state index < -0.39 is 0 Å². The van der Waals surface area contributed by atoms with Crippen molar-refractivity contribution in [2.24, 2.45) is 0 Å². The minimum atomic E-state index is -0.169. The Morgan fingerprint density at radius 1 is 1.36 bits per heavy atom. The number of rotatable bonds is 4. The Kier molecular flexibility index (Phi) is 4.07. The highest BCUT2D eigenvalue weighted by Crippen LogP contribution is 2.33. The molecule has 3 aromatic rings. The molecule has 7 nitrogen and oxygen atoms in total. The van der Waals surface area contributed by atoms with Gasteiger partial charge in [0.25, 0.3) is 5.91 Å². The molecule has 2 aromatic heterocycles. The van der Waals surface area contributed by atoms with Gasteiger partial charge in [-0.3, -0.25) is 9.89 Å². The van der Waals surface area contributed by atoms with Gasteiger partial charge in [-0.2, -0.15) is 5.10 Å². The SMILES string of the molecule is CO[C@@H]1C[C@@H](c2ncn[nH]2)N(C(=O)c2cccc(-c3ccoc3)c2)C1. The van der Waals surface area contributed by atoms with Crippen LogP contribution < -0.4 is 0 Å².